The van der Waals surface area contributed by atoms with Gasteiger partial charge < -0.3 is 15.0 Å². The molecule has 0 aliphatic rings. The van der Waals surface area contributed by atoms with Crippen molar-refractivity contribution in [3.63, 3.8) is 0 Å². The number of para-hydroxylation sites is 1. The molecule has 0 aliphatic heterocycles. The summed E-state index contributed by atoms with van der Waals surface area (Å²) in [5.41, 5.74) is 3.58. The van der Waals surface area contributed by atoms with Gasteiger partial charge in [-0.15, -0.1) is 0 Å². The molecular weight excluding hydrogens is 444 g/mol. The lowest BCUT2D eigenvalue weighted by molar-refractivity contribution is -0.115. The highest BCUT2D eigenvalue weighted by Crippen LogP contribution is 2.28. The zero-order chi connectivity index (χ0) is 22.7. The van der Waals surface area contributed by atoms with Crippen LogP contribution in [-0.2, 0) is 17.0 Å². The van der Waals surface area contributed by atoms with E-state index in [-0.39, 0.29) is 17.9 Å². The fourth-order valence-electron chi connectivity index (χ4n) is 3.24. The first-order chi connectivity index (χ1) is 15.4. The molecule has 2 N–H and O–H groups in total. The number of ether oxygens (including phenoxy) is 1. The highest BCUT2D eigenvalue weighted by Gasteiger charge is 2.15. The van der Waals surface area contributed by atoms with Crippen molar-refractivity contribution in [3.8, 4) is 5.75 Å². The summed E-state index contributed by atoms with van der Waals surface area (Å²) in [6.07, 6.45) is -0.0656. The number of aromatic nitrogens is 3. The van der Waals surface area contributed by atoms with Crippen LogP contribution in [0.3, 0.4) is 0 Å². The van der Waals surface area contributed by atoms with Gasteiger partial charge in [-0.2, -0.15) is 0 Å². The Hall–Kier alpha value is -3.17. The average molecular weight is 467 g/mol. The van der Waals surface area contributed by atoms with Gasteiger partial charge in [0.05, 0.1) is 23.7 Å². The quantitative estimate of drug-likeness (QED) is 0.308. The van der Waals surface area contributed by atoms with E-state index in [4.69, 9.17) is 4.74 Å². The van der Waals surface area contributed by atoms with E-state index in [1.165, 1.54) is 23.1 Å². The number of aromatic amines is 1. The van der Waals surface area contributed by atoms with Crippen LogP contribution in [0.15, 0.2) is 52.4 Å². The maximum atomic E-state index is 12.6. The zero-order valence-electron chi connectivity index (χ0n) is 17.9. The predicted octanol–water partition coefficient (Wildman–Crippen LogP) is 4.48. The van der Waals surface area contributed by atoms with Crippen LogP contribution in [0.25, 0.3) is 10.2 Å². The molecule has 2 aromatic carbocycles. The number of nitrogens with zero attached hydrogens (tertiary/aromatic N) is 2. The Balaban J connectivity index is 1.43. The van der Waals surface area contributed by atoms with E-state index in [0.29, 0.717) is 27.3 Å². The van der Waals surface area contributed by atoms with Crippen LogP contribution in [0, 0.1) is 13.8 Å². The second-order valence-corrected chi connectivity index (χ2v) is 9.24. The highest BCUT2D eigenvalue weighted by molar-refractivity contribution is 7.98. The molecule has 1 amide bonds. The normalized spacial score (nSPS) is 11.0. The molecule has 0 unspecified atom stereocenters. The minimum absolute atomic E-state index is 0.0656. The summed E-state index contributed by atoms with van der Waals surface area (Å²) in [7, 11) is 1.63. The molecule has 0 bridgehead atoms. The summed E-state index contributed by atoms with van der Waals surface area (Å²) in [6.45, 7) is 3.73. The molecule has 0 aliphatic carbocycles. The smallest absolute Gasteiger partial charge is 0.255 e. The molecule has 0 fully saturated rings. The Morgan fingerprint density at radius 3 is 2.75 bits per heavy atom. The Kier molecular flexibility index (Phi) is 6.57. The van der Waals surface area contributed by atoms with Gasteiger partial charge in [-0.1, -0.05) is 47.4 Å². The van der Waals surface area contributed by atoms with Gasteiger partial charge in [-0.3, -0.25) is 9.59 Å². The first kappa shape index (κ1) is 22.0. The minimum Gasteiger partial charge on any atom is -0.497 e. The Labute approximate surface area is 193 Å². The number of hydrogen-bond donors (Lipinski definition) is 2. The minimum atomic E-state index is -0.305. The SMILES string of the molecule is COc1cccc(CSc2nc(C)c(CC(=O)Nc3nc4c(C)cccc4s3)c(=O)[nH]2)c1. The molecule has 2 aromatic heterocycles. The highest BCUT2D eigenvalue weighted by atomic mass is 32.2. The third-order valence-corrected chi connectivity index (χ3v) is 6.80. The summed E-state index contributed by atoms with van der Waals surface area (Å²) >= 11 is 2.84. The number of hydrogen-bond acceptors (Lipinski definition) is 7. The first-order valence-electron chi connectivity index (χ1n) is 9.94. The van der Waals surface area contributed by atoms with Crippen molar-refractivity contribution in [2.45, 2.75) is 31.2 Å². The van der Waals surface area contributed by atoms with Crippen LogP contribution in [0.2, 0.25) is 0 Å². The standard InChI is InChI=1S/C23H22N4O3S2/c1-13-6-4-9-18-20(13)26-23(32-18)25-19(28)11-17-14(2)24-22(27-21(17)29)31-12-15-7-5-8-16(10-15)30-3/h4-10H,11-12H2,1-3H3,(H,24,27,29)(H,25,26,28). The average Bonchev–Trinajstić information content (AvgIpc) is 3.19. The van der Waals surface area contributed by atoms with Gasteiger partial charge in [-0.05, 0) is 43.2 Å². The van der Waals surface area contributed by atoms with E-state index >= 15 is 0 Å². The van der Waals surface area contributed by atoms with Crippen LogP contribution in [-0.4, -0.2) is 28.0 Å². The third kappa shape index (κ3) is 5.00. The molecule has 4 aromatic rings. The van der Waals surface area contributed by atoms with Gasteiger partial charge in [0.1, 0.15) is 5.75 Å². The number of anilines is 1. The lowest BCUT2D eigenvalue weighted by Crippen LogP contribution is -2.23. The van der Waals surface area contributed by atoms with Gasteiger partial charge in [0.15, 0.2) is 10.3 Å². The van der Waals surface area contributed by atoms with Gasteiger partial charge in [-0.25, -0.2) is 9.97 Å². The molecule has 0 saturated carbocycles. The second kappa shape index (κ2) is 9.54. The fourth-order valence-corrected chi connectivity index (χ4v) is 5.05. The molecule has 2 heterocycles. The molecule has 164 valence electrons. The van der Waals surface area contributed by atoms with Crippen LogP contribution in [0.4, 0.5) is 5.13 Å². The molecule has 0 radical (unpaired) electrons. The largest absolute Gasteiger partial charge is 0.497 e. The predicted molar refractivity (Wildman–Crippen MR) is 129 cm³/mol. The molecular formula is C23H22N4O3S2. The van der Waals surface area contributed by atoms with E-state index in [1.807, 2.05) is 49.4 Å². The molecule has 0 atom stereocenters. The lowest BCUT2D eigenvalue weighted by Gasteiger charge is -2.08. The summed E-state index contributed by atoms with van der Waals surface area (Å²) in [5.74, 6) is 1.12. The summed E-state index contributed by atoms with van der Waals surface area (Å²) < 4.78 is 6.25. The summed E-state index contributed by atoms with van der Waals surface area (Å²) in [6, 6.07) is 13.7. The van der Waals surface area contributed by atoms with E-state index in [1.54, 1.807) is 14.0 Å². The number of H-pyrrole nitrogens is 1. The number of thiazole rings is 1. The van der Waals surface area contributed by atoms with Crippen molar-refractivity contribution in [1.29, 1.82) is 0 Å². The number of amides is 1. The van der Waals surface area contributed by atoms with Crippen LogP contribution >= 0.6 is 23.1 Å². The fraction of sp³-hybridized carbons (Fsp3) is 0.217. The van der Waals surface area contributed by atoms with Gasteiger partial charge in [0.2, 0.25) is 5.91 Å². The lowest BCUT2D eigenvalue weighted by atomic mass is 10.1. The zero-order valence-corrected chi connectivity index (χ0v) is 19.5. The number of rotatable bonds is 7. The Morgan fingerprint density at radius 2 is 2.00 bits per heavy atom. The van der Waals surface area contributed by atoms with Crippen molar-refractivity contribution < 1.29 is 9.53 Å². The second-order valence-electron chi connectivity index (χ2n) is 7.24. The number of thioether (sulfide) groups is 1. The van der Waals surface area contributed by atoms with Crippen molar-refractivity contribution in [1.82, 2.24) is 15.0 Å². The molecule has 32 heavy (non-hydrogen) atoms. The number of fused-ring (bicyclic) bond motifs is 1. The maximum absolute atomic E-state index is 12.6. The first-order valence-corrected chi connectivity index (χ1v) is 11.7. The molecule has 0 spiro atoms. The number of carbonyl (C=O) groups excluding carboxylic acids is 1. The molecule has 7 nitrogen and oxygen atoms in total. The van der Waals surface area contributed by atoms with Crippen LogP contribution in [0.1, 0.15) is 22.4 Å². The monoisotopic (exact) mass is 466 g/mol. The molecule has 9 heteroatoms. The number of carbonyl (C=O) groups is 1. The van der Waals surface area contributed by atoms with E-state index in [0.717, 1.165) is 27.1 Å². The molecule has 0 saturated heterocycles. The third-order valence-electron chi connectivity index (χ3n) is 4.91. The Bertz CT molecular complexity index is 1350. The van der Waals surface area contributed by atoms with Gasteiger partial charge in [0.25, 0.3) is 5.56 Å². The number of methoxy groups -OCH3 is 1. The van der Waals surface area contributed by atoms with Crippen molar-refractivity contribution in [2.24, 2.45) is 0 Å². The number of benzene rings is 2. The topological polar surface area (TPSA) is 97.0 Å². The van der Waals surface area contributed by atoms with E-state index < -0.39 is 0 Å². The van der Waals surface area contributed by atoms with Crippen LogP contribution in [0.5, 0.6) is 5.75 Å². The molecule has 4 rings (SSSR count). The van der Waals surface area contributed by atoms with Gasteiger partial charge in [0, 0.05) is 17.0 Å². The summed E-state index contributed by atoms with van der Waals surface area (Å²) in [4.78, 5) is 36.9. The van der Waals surface area contributed by atoms with Crippen LogP contribution < -0.4 is 15.6 Å². The maximum Gasteiger partial charge on any atom is 0.255 e. The van der Waals surface area contributed by atoms with Crippen molar-refractivity contribution in [2.75, 3.05) is 12.4 Å². The van der Waals surface area contributed by atoms with Crippen molar-refractivity contribution in [3.05, 3.63) is 75.2 Å². The number of nitrogens with one attached hydrogen (secondary N) is 2. The van der Waals surface area contributed by atoms with E-state index in [2.05, 4.69) is 20.3 Å². The Morgan fingerprint density at radius 1 is 1.19 bits per heavy atom. The number of aryl methyl sites for hydroxylation is 2. The van der Waals surface area contributed by atoms with Crippen molar-refractivity contribution >= 4 is 44.4 Å². The summed E-state index contributed by atoms with van der Waals surface area (Å²) in [5, 5.41) is 3.84. The van der Waals surface area contributed by atoms with E-state index in [9.17, 15) is 9.59 Å². The van der Waals surface area contributed by atoms with Gasteiger partial charge >= 0.3 is 0 Å².